The Morgan fingerprint density at radius 3 is 2.65 bits per heavy atom. The van der Waals surface area contributed by atoms with Crippen LogP contribution in [0.4, 0.5) is 0 Å². The van der Waals surface area contributed by atoms with Gasteiger partial charge in [0.15, 0.2) is 5.16 Å². The van der Waals surface area contributed by atoms with Crippen LogP contribution in [0.15, 0.2) is 53.7 Å². The number of hydrogen-bond donors (Lipinski definition) is 1. The second kappa shape index (κ2) is 6.64. The summed E-state index contributed by atoms with van der Waals surface area (Å²) < 4.78 is 0. The Bertz CT molecular complexity index is 832. The van der Waals surface area contributed by atoms with Gasteiger partial charge >= 0.3 is 0 Å². The molecule has 1 N–H and O–H groups in total. The number of halogens is 1. The van der Waals surface area contributed by atoms with Crippen molar-refractivity contribution in [1.82, 2.24) is 14.9 Å². The second-order valence-corrected chi connectivity index (χ2v) is 6.87. The molecule has 0 aliphatic carbocycles. The minimum absolute atomic E-state index is 0.0275. The Kier molecular flexibility index (Phi) is 4.59. The van der Waals surface area contributed by atoms with Crippen LogP contribution in [0.1, 0.15) is 10.8 Å². The van der Waals surface area contributed by atoms with E-state index in [1.54, 1.807) is 25.1 Å². The fourth-order valence-corrected chi connectivity index (χ4v) is 3.57. The Labute approximate surface area is 143 Å². The van der Waals surface area contributed by atoms with E-state index in [0.29, 0.717) is 10.2 Å². The molecule has 1 aromatic heterocycles. The highest BCUT2D eigenvalue weighted by Crippen LogP contribution is 2.36. The van der Waals surface area contributed by atoms with E-state index in [1.165, 1.54) is 11.8 Å². The Hall–Kier alpha value is -1.98. The largest absolute Gasteiger partial charge is 0.348 e. The third-order valence-corrected chi connectivity index (χ3v) is 4.78. The fourth-order valence-electron chi connectivity index (χ4n) is 2.25. The maximum absolute atomic E-state index is 12.6. The highest BCUT2D eigenvalue weighted by Gasteiger charge is 2.24. The van der Waals surface area contributed by atoms with E-state index in [-0.39, 0.29) is 11.2 Å². The van der Waals surface area contributed by atoms with Crippen molar-refractivity contribution in [2.24, 2.45) is 0 Å². The van der Waals surface area contributed by atoms with Gasteiger partial charge in [0, 0.05) is 19.1 Å². The molecule has 0 bridgehead atoms. The summed E-state index contributed by atoms with van der Waals surface area (Å²) in [4.78, 5) is 21.9. The topological polar surface area (TPSA) is 49.0 Å². The van der Waals surface area contributed by atoms with E-state index >= 15 is 0 Å². The molecule has 118 valence electrons. The van der Waals surface area contributed by atoms with Crippen molar-refractivity contribution in [3.8, 4) is 0 Å². The van der Waals surface area contributed by atoms with Crippen LogP contribution < -0.4 is 0 Å². The number of carbonyl (C=O) groups is 1. The molecule has 0 aliphatic heterocycles. The zero-order valence-corrected chi connectivity index (χ0v) is 14.4. The summed E-state index contributed by atoms with van der Waals surface area (Å²) in [7, 11) is 3.52. The molecule has 3 aromatic rings. The van der Waals surface area contributed by atoms with Crippen LogP contribution in [0.3, 0.4) is 0 Å². The summed E-state index contributed by atoms with van der Waals surface area (Å²) in [5.41, 5.74) is 2.65. The second-order valence-electron chi connectivity index (χ2n) is 5.34. The molecule has 4 nitrogen and oxygen atoms in total. The van der Waals surface area contributed by atoms with Crippen molar-refractivity contribution in [2.45, 2.75) is 10.4 Å². The van der Waals surface area contributed by atoms with Gasteiger partial charge in [-0.25, -0.2) is 4.98 Å². The smallest absolute Gasteiger partial charge is 0.240 e. The van der Waals surface area contributed by atoms with Gasteiger partial charge in [0.05, 0.1) is 11.0 Å². The molecular formula is C17H16ClN3OS. The van der Waals surface area contributed by atoms with Crippen LogP contribution in [0.5, 0.6) is 0 Å². The molecule has 2 aromatic carbocycles. The van der Waals surface area contributed by atoms with E-state index in [9.17, 15) is 4.79 Å². The lowest BCUT2D eigenvalue weighted by molar-refractivity contribution is -0.128. The lowest BCUT2D eigenvalue weighted by Crippen LogP contribution is -2.26. The molecule has 6 heteroatoms. The number of nitrogens with one attached hydrogen (secondary N) is 1. The van der Waals surface area contributed by atoms with Gasteiger partial charge in [0.2, 0.25) is 5.91 Å². The van der Waals surface area contributed by atoms with Crippen LogP contribution in [-0.2, 0) is 4.79 Å². The first kappa shape index (κ1) is 15.9. The van der Waals surface area contributed by atoms with Gasteiger partial charge in [-0.15, -0.1) is 0 Å². The molecule has 0 radical (unpaired) electrons. The summed E-state index contributed by atoms with van der Waals surface area (Å²) in [6, 6.07) is 15.2. The number of fused-ring (bicyclic) bond motifs is 1. The first-order chi connectivity index (χ1) is 11.0. The fraction of sp³-hybridized carbons (Fsp3) is 0.176. The number of rotatable bonds is 4. The number of thioether (sulfide) groups is 1. The quantitative estimate of drug-likeness (QED) is 0.723. The summed E-state index contributed by atoms with van der Waals surface area (Å²) in [6.45, 7) is 0. The Balaban J connectivity index is 1.95. The van der Waals surface area contributed by atoms with Gasteiger partial charge in [0.1, 0.15) is 5.25 Å². The highest BCUT2D eigenvalue weighted by molar-refractivity contribution is 8.00. The zero-order chi connectivity index (χ0) is 16.4. The highest BCUT2D eigenvalue weighted by atomic mass is 35.5. The molecule has 1 atom stereocenters. The van der Waals surface area contributed by atoms with Gasteiger partial charge in [-0.05, 0) is 23.8 Å². The number of hydrogen-bond acceptors (Lipinski definition) is 3. The van der Waals surface area contributed by atoms with Gasteiger partial charge < -0.3 is 9.88 Å². The minimum atomic E-state index is -0.345. The van der Waals surface area contributed by atoms with Gasteiger partial charge in [-0.2, -0.15) is 0 Å². The number of amides is 1. The maximum atomic E-state index is 12.6. The third kappa shape index (κ3) is 3.51. The molecule has 0 fully saturated rings. The molecule has 1 heterocycles. The SMILES string of the molecule is CN(C)C(=O)[C@H](Sc1nc2ccc(Cl)cc2[nH]1)c1ccccc1. The van der Waals surface area contributed by atoms with Crippen LogP contribution in [0.2, 0.25) is 5.02 Å². The third-order valence-electron chi connectivity index (χ3n) is 3.42. The maximum Gasteiger partial charge on any atom is 0.240 e. The molecule has 1 amide bonds. The molecule has 0 saturated carbocycles. The number of aromatic amines is 1. The number of H-pyrrole nitrogens is 1. The minimum Gasteiger partial charge on any atom is -0.348 e. The van der Waals surface area contributed by atoms with E-state index in [1.807, 2.05) is 42.5 Å². The number of benzene rings is 2. The monoisotopic (exact) mass is 345 g/mol. The van der Waals surface area contributed by atoms with Gasteiger partial charge in [0.25, 0.3) is 0 Å². The van der Waals surface area contributed by atoms with Crippen LogP contribution in [-0.4, -0.2) is 34.9 Å². The number of carbonyl (C=O) groups excluding carboxylic acids is 1. The summed E-state index contributed by atoms with van der Waals surface area (Å²) in [5.74, 6) is 0.0275. The normalized spacial score (nSPS) is 12.3. The molecule has 23 heavy (non-hydrogen) atoms. The van der Waals surface area contributed by atoms with Crippen molar-refractivity contribution in [3.63, 3.8) is 0 Å². The number of likely N-dealkylation sites (N-methyl/N-ethyl adjacent to an activating group) is 1. The van der Waals surface area contributed by atoms with Crippen molar-refractivity contribution in [1.29, 1.82) is 0 Å². The summed E-state index contributed by atoms with van der Waals surface area (Å²) >= 11 is 7.42. The molecule has 0 spiro atoms. The van der Waals surface area contributed by atoms with E-state index in [0.717, 1.165) is 16.6 Å². The Morgan fingerprint density at radius 2 is 1.96 bits per heavy atom. The molecule has 0 unspecified atom stereocenters. The molecule has 3 rings (SSSR count). The van der Waals surface area contributed by atoms with Crippen LogP contribution >= 0.6 is 23.4 Å². The number of nitrogens with zero attached hydrogens (tertiary/aromatic N) is 2. The van der Waals surface area contributed by atoms with E-state index < -0.39 is 0 Å². The average Bonchev–Trinajstić information content (AvgIpc) is 2.94. The van der Waals surface area contributed by atoms with Crippen molar-refractivity contribution in [3.05, 3.63) is 59.1 Å². The van der Waals surface area contributed by atoms with Crippen LogP contribution in [0, 0.1) is 0 Å². The Morgan fingerprint density at radius 1 is 1.22 bits per heavy atom. The van der Waals surface area contributed by atoms with Gasteiger partial charge in [-0.3, -0.25) is 4.79 Å². The predicted molar refractivity (Wildman–Crippen MR) is 94.8 cm³/mol. The van der Waals surface area contributed by atoms with Crippen molar-refractivity contribution in [2.75, 3.05) is 14.1 Å². The van der Waals surface area contributed by atoms with Gasteiger partial charge in [-0.1, -0.05) is 53.7 Å². The average molecular weight is 346 g/mol. The molecular weight excluding hydrogens is 330 g/mol. The first-order valence-electron chi connectivity index (χ1n) is 7.12. The number of imidazole rings is 1. The van der Waals surface area contributed by atoms with Crippen molar-refractivity contribution < 1.29 is 4.79 Å². The zero-order valence-electron chi connectivity index (χ0n) is 12.8. The van der Waals surface area contributed by atoms with E-state index in [2.05, 4.69) is 9.97 Å². The summed E-state index contributed by atoms with van der Waals surface area (Å²) in [6.07, 6.45) is 0. The van der Waals surface area contributed by atoms with Crippen molar-refractivity contribution >= 4 is 40.3 Å². The lowest BCUT2D eigenvalue weighted by Gasteiger charge is -2.19. The van der Waals surface area contributed by atoms with E-state index in [4.69, 9.17) is 11.6 Å². The lowest BCUT2D eigenvalue weighted by atomic mass is 10.1. The summed E-state index contributed by atoms with van der Waals surface area (Å²) in [5, 5.41) is 1.01. The molecule has 0 aliphatic rings. The van der Waals surface area contributed by atoms with Crippen LogP contribution in [0.25, 0.3) is 11.0 Å². The first-order valence-corrected chi connectivity index (χ1v) is 8.38. The molecule has 0 saturated heterocycles. The standard InChI is InChI=1S/C17H16ClN3OS/c1-21(2)16(22)15(11-6-4-3-5-7-11)23-17-19-13-9-8-12(18)10-14(13)20-17/h3-10,15H,1-2H3,(H,19,20)/t15-/m1/s1. The number of aromatic nitrogens is 2. The predicted octanol–water partition coefficient (Wildman–Crippen LogP) is 4.14.